The van der Waals surface area contributed by atoms with E-state index in [1.807, 2.05) is 0 Å². The molecule has 1 aromatic heterocycles. The third kappa shape index (κ3) is 6.88. The molecule has 0 radical (unpaired) electrons. The van der Waals surface area contributed by atoms with Gasteiger partial charge in [-0.2, -0.15) is 5.09 Å². The molecule has 3 rings (SSSR count). The minimum absolute atomic E-state index is 0.199. The van der Waals surface area contributed by atoms with Gasteiger partial charge in [-0.05, 0) is 39.8 Å². The number of aliphatic hydroxyl groups is 2. The third-order valence-electron chi connectivity index (χ3n) is 5.19. The Kier molecular flexibility index (Phi) is 9.23. The first kappa shape index (κ1) is 28.2. The molecule has 198 valence electrons. The number of hydrogen-bond acceptors (Lipinski definition) is 10. The van der Waals surface area contributed by atoms with Crippen molar-refractivity contribution in [3.63, 3.8) is 0 Å². The van der Waals surface area contributed by atoms with Crippen LogP contribution in [-0.2, 0) is 23.4 Å². The van der Waals surface area contributed by atoms with Crippen LogP contribution in [0.5, 0.6) is 5.75 Å². The Morgan fingerprint density at radius 2 is 1.92 bits per heavy atom. The number of aryl methyl sites for hydroxylation is 1. The fraction of sp³-hybridized carbons (Fsp3) is 0.500. The molecule has 14 heteroatoms. The van der Waals surface area contributed by atoms with Crippen molar-refractivity contribution in [2.75, 3.05) is 6.61 Å². The standard InChI is InChI=1S/C22H30N3O9PS/c1-12(2)32-21(28)14(4)24-35(30,34-15-8-6-5-7-9-15)31-11-16-17(26)18(27)20(33-16)25-10-13(3)19(36)23-22(25)29/h5-10,12,14,16-18,20,26-27H,11H2,1-4H3,(H,24,30)(H,23,29,36)/t14-,16?,17+,18?,20-,35?/m0/s1. The number of para-hydroxylation sites is 1. The molecular formula is C22H30N3O9PS. The Morgan fingerprint density at radius 1 is 1.25 bits per heavy atom. The van der Waals surface area contributed by atoms with Crippen LogP contribution in [0.1, 0.15) is 32.6 Å². The summed E-state index contributed by atoms with van der Waals surface area (Å²) in [7, 11) is -4.22. The van der Waals surface area contributed by atoms with Gasteiger partial charge in [0.2, 0.25) is 0 Å². The Bertz CT molecular complexity index is 1220. The summed E-state index contributed by atoms with van der Waals surface area (Å²) in [4.78, 5) is 27.1. The summed E-state index contributed by atoms with van der Waals surface area (Å²) in [6.45, 7) is 5.95. The number of carbonyl (C=O) groups is 1. The van der Waals surface area contributed by atoms with Crippen molar-refractivity contribution in [1.29, 1.82) is 0 Å². The van der Waals surface area contributed by atoms with Crippen LogP contribution >= 0.6 is 20.0 Å². The van der Waals surface area contributed by atoms with Crippen LogP contribution in [-0.4, -0.2) is 62.8 Å². The number of aliphatic hydroxyl groups excluding tert-OH is 2. The highest BCUT2D eigenvalue weighted by Gasteiger charge is 2.46. The van der Waals surface area contributed by atoms with Crippen LogP contribution in [0, 0.1) is 11.6 Å². The Labute approximate surface area is 212 Å². The Morgan fingerprint density at radius 3 is 2.56 bits per heavy atom. The van der Waals surface area contributed by atoms with Gasteiger partial charge in [0.05, 0.1) is 12.7 Å². The number of hydrogen-bond donors (Lipinski definition) is 4. The summed E-state index contributed by atoms with van der Waals surface area (Å²) < 4.78 is 36.8. The smallest absolute Gasteiger partial charge is 0.459 e. The minimum Gasteiger partial charge on any atom is -0.462 e. The quantitative estimate of drug-likeness (QED) is 0.197. The second-order valence-corrected chi connectivity index (χ2v) is 10.7. The molecule has 1 aliphatic rings. The highest BCUT2D eigenvalue weighted by atomic mass is 32.1. The lowest BCUT2D eigenvalue weighted by Gasteiger charge is -2.25. The normalized spacial score (nSPS) is 24.3. The molecule has 1 saturated heterocycles. The van der Waals surface area contributed by atoms with Crippen LogP contribution in [0.4, 0.5) is 0 Å². The molecule has 0 saturated carbocycles. The van der Waals surface area contributed by atoms with E-state index >= 15 is 0 Å². The van der Waals surface area contributed by atoms with Gasteiger partial charge in [0.25, 0.3) is 0 Å². The second-order valence-electron chi connectivity index (χ2n) is 8.56. The van der Waals surface area contributed by atoms with Crippen molar-refractivity contribution in [1.82, 2.24) is 14.6 Å². The van der Waals surface area contributed by atoms with Crippen molar-refractivity contribution in [2.24, 2.45) is 0 Å². The van der Waals surface area contributed by atoms with E-state index < -0.39 is 62.7 Å². The van der Waals surface area contributed by atoms with Crippen molar-refractivity contribution in [2.45, 2.75) is 64.4 Å². The monoisotopic (exact) mass is 543 g/mol. The molecule has 1 aromatic carbocycles. The fourth-order valence-electron chi connectivity index (χ4n) is 3.38. The minimum atomic E-state index is -4.22. The first-order chi connectivity index (χ1) is 16.9. The van der Waals surface area contributed by atoms with Gasteiger partial charge >= 0.3 is 19.4 Å². The highest BCUT2D eigenvalue weighted by molar-refractivity contribution is 7.71. The zero-order chi connectivity index (χ0) is 26.6. The van der Waals surface area contributed by atoms with Gasteiger partial charge in [0, 0.05) is 11.8 Å². The van der Waals surface area contributed by atoms with Crippen LogP contribution in [0.15, 0.2) is 41.3 Å². The van der Waals surface area contributed by atoms with Gasteiger partial charge in [-0.25, -0.2) is 9.36 Å². The molecule has 4 N–H and O–H groups in total. The zero-order valence-corrected chi connectivity index (χ0v) is 21.9. The summed E-state index contributed by atoms with van der Waals surface area (Å²) in [5.74, 6) is -0.473. The van der Waals surface area contributed by atoms with Gasteiger partial charge in [0.15, 0.2) is 6.23 Å². The molecule has 0 amide bonds. The van der Waals surface area contributed by atoms with E-state index in [9.17, 15) is 24.4 Å². The van der Waals surface area contributed by atoms with Gasteiger partial charge < -0.3 is 24.2 Å². The Balaban J connectivity index is 1.77. The number of esters is 1. The van der Waals surface area contributed by atoms with Crippen LogP contribution < -0.4 is 15.3 Å². The zero-order valence-electron chi connectivity index (χ0n) is 20.2. The summed E-state index contributed by atoms with van der Waals surface area (Å²) in [5.41, 5.74) is -0.0810. The van der Waals surface area contributed by atoms with E-state index in [0.29, 0.717) is 5.56 Å². The van der Waals surface area contributed by atoms with Crippen molar-refractivity contribution in [3.05, 3.63) is 57.2 Å². The van der Waals surface area contributed by atoms with Crippen LogP contribution in [0.25, 0.3) is 0 Å². The van der Waals surface area contributed by atoms with E-state index in [2.05, 4.69) is 10.1 Å². The number of aromatic amines is 1. The van der Waals surface area contributed by atoms with Crippen molar-refractivity contribution in [3.8, 4) is 5.75 Å². The van der Waals surface area contributed by atoms with Crippen molar-refractivity contribution >= 4 is 25.9 Å². The average Bonchev–Trinajstić information content (AvgIpc) is 3.08. The molecule has 36 heavy (non-hydrogen) atoms. The van der Waals surface area contributed by atoms with Gasteiger partial charge in [0.1, 0.15) is 34.7 Å². The third-order valence-corrected chi connectivity index (χ3v) is 7.26. The van der Waals surface area contributed by atoms with E-state index in [0.717, 1.165) is 4.57 Å². The molecule has 12 nitrogen and oxygen atoms in total. The molecule has 2 aromatic rings. The summed E-state index contributed by atoms with van der Waals surface area (Å²) in [6, 6.07) is 7.08. The largest absolute Gasteiger partial charge is 0.462 e. The van der Waals surface area contributed by atoms with E-state index in [4.69, 9.17) is 30.7 Å². The summed E-state index contributed by atoms with van der Waals surface area (Å²) in [5, 5.41) is 23.6. The number of nitrogens with one attached hydrogen (secondary N) is 2. The number of carbonyl (C=O) groups excluding carboxylic acids is 1. The molecule has 2 heterocycles. The number of ether oxygens (including phenoxy) is 2. The number of nitrogens with zero attached hydrogens (tertiary/aromatic N) is 1. The molecule has 1 fully saturated rings. The maximum absolute atomic E-state index is 13.6. The molecular weight excluding hydrogens is 513 g/mol. The predicted octanol–water partition coefficient (Wildman–Crippen LogP) is 1.97. The molecule has 1 aliphatic heterocycles. The number of benzene rings is 1. The molecule has 0 aliphatic carbocycles. The predicted molar refractivity (Wildman–Crippen MR) is 131 cm³/mol. The molecule has 3 unspecified atom stereocenters. The van der Waals surface area contributed by atoms with Gasteiger partial charge in [-0.15, -0.1) is 0 Å². The van der Waals surface area contributed by atoms with E-state index in [-0.39, 0.29) is 10.4 Å². The molecule has 0 bridgehead atoms. The first-order valence-corrected chi connectivity index (χ1v) is 13.2. The lowest BCUT2D eigenvalue weighted by atomic mass is 10.1. The summed E-state index contributed by atoms with van der Waals surface area (Å²) >= 11 is 5.04. The maximum Gasteiger partial charge on any atom is 0.459 e. The molecule has 6 atom stereocenters. The topological polar surface area (TPSA) is 161 Å². The fourth-order valence-corrected chi connectivity index (χ4v) is 5.02. The number of H-pyrrole nitrogens is 1. The van der Waals surface area contributed by atoms with Crippen molar-refractivity contribution < 1.29 is 38.1 Å². The number of aromatic nitrogens is 2. The average molecular weight is 544 g/mol. The highest BCUT2D eigenvalue weighted by Crippen LogP contribution is 2.46. The van der Waals surface area contributed by atoms with Gasteiger partial charge in [-0.1, -0.05) is 30.4 Å². The Hall–Kier alpha value is -2.38. The van der Waals surface area contributed by atoms with E-state index in [1.165, 1.54) is 13.1 Å². The van der Waals surface area contributed by atoms with E-state index in [1.54, 1.807) is 51.1 Å². The maximum atomic E-state index is 13.6. The first-order valence-electron chi connectivity index (χ1n) is 11.2. The lowest BCUT2D eigenvalue weighted by molar-refractivity contribution is -0.149. The second kappa shape index (κ2) is 11.8. The SMILES string of the molecule is Cc1cn([C@H]2OC(COP(=O)(N[C@@H](C)C(=O)OC(C)C)Oc3ccccc3)[C@@H](O)C2O)c(=O)[nH]c1=S. The number of rotatable bonds is 10. The van der Waals surface area contributed by atoms with Crippen LogP contribution in [0.2, 0.25) is 0 Å². The van der Waals surface area contributed by atoms with Crippen LogP contribution in [0.3, 0.4) is 0 Å². The van der Waals surface area contributed by atoms with Gasteiger partial charge in [-0.3, -0.25) is 18.9 Å². The lowest BCUT2D eigenvalue weighted by Crippen LogP contribution is -2.38. The molecule has 0 spiro atoms. The summed E-state index contributed by atoms with van der Waals surface area (Å²) in [6.07, 6.45) is -4.42.